The van der Waals surface area contributed by atoms with E-state index in [0.717, 1.165) is 0 Å². The molecule has 0 radical (unpaired) electrons. The van der Waals surface area contributed by atoms with E-state index in [2.05, 4.69) is 61.5 Å². The Balaban J connectivity index is 0.000000569. The third-order valence-electron chi connectivity index (χ3n) is 10.1. The number of hydrogen-bond donors (Lipinski definition) is 0. The standard InChI is InChI=1S/C28BF28.C13H12I/c30-9-1(25(46,47)48)10(31)18(39)5(17(9)38)29(6-19(40)11(32)2(26(49,50)51)12(33)20(6)41,7-21(42)13(34)3(27(52,53)54)14(35)22(7)43)8-23(44)15(36)4(28(55,56)57)16(37)24(8)45;1-11-7-5-6-10-13(11)14-12-8-3-2-4-9-12/h;2-10H,1H3/q-1;+1. The first-order chi connectivity index (χ1) is 32.4. The van der Waals surface area contributed by atoms with Crippen LogP contribution in [-0.2, 0) is 24.7 Å². The summed E-state index contributed by atoms with van der Waals surface area (Å²) in [6.45, 7) is 2.19. The fourth-order valence-corrected chi connectivity index (χ4v) is 9.67. The third kappa shape index (κ3) is 9.54. The topological polar surface area (TPSA) is 0 Å². The fraction of sp³-hybridized carbons (Fsp3) is 0.122. The lowest BCUT2D eigenvalue weighted by Gasteiger charge is -2.45. The van der Waals surface area contributed by atoms with E-state index in [9.17, 15) is 52.7 Å². The minimum absolute atomic E-state index is 0.00698. The summed E-state index contributed by atoms with van der Waals surface area (Å²) in [5.74, 6) is -69.9. The van der Waals surface area contributed by atoms with Crippen molar-refractivity contribution in [2.24, 2.45) is 0 Å². The lowest BCUT2D eigenvalue weighted by molar-refractivity contribution is -0.598. The summed E-state index contributed by atoms with van der Waals surface area (Å²) in [7, 11) is 0. The molecule has 0 aliphatic rings. The quantitative estimate of drug-likeness (QED) is 0.0676. The molecule has 0 N–H and O–H groups in total. The summed E-state index contributed by atoms with van der Waals surface area (Å²) in [5.41, 5.74) is -32.0. The molecule has 0 fully saturated rings. The third-order valence-corrected chi connectivity index (χ3v) is 13.2. The van der Waals surface area contributed by atoms with Gasteiger partial charge in [0, 0.05) is 5.56 Å². The number of halogens is 29. The van der Waals surface area contributed by atoms with E-state index < -0.39 is 168 Å². The first kappa shape index (κ1) is 56.1. The monoisotopic (exact) mass is 1170 g/mol. The molecule has 0 saturated heterocycles. The van der Waals surface area contributed by atoms with Gasteiger partial charge in [-0.05, 0) is 25.1 Å². The zero-order valence-corrected chi connectivity index (χ0v) is 35.4. The summed E-state index contributed by atoms with van der Waals surface area (Å²) in [5, 5.41) is 0. The van der Waals surface area contributed by atoms with Crippen LogP contribution in [0.25, 0.3) is 0 Å². The van der Waals surface area contributed by atoms with Gasteiger partial charge in [-0.3, -0.25) is 0 Å². The summed E-state index contributed by atoms with van der Waals surface area (Å²) in [6.07, 6.45) is -35.7. The molecule has 0 unspecified atom stereocenters. The molecule has 6 aromatic carbocycles. The van der Waals surface area contributed by atoms with Gasteiger partial charge in [0.1, 0.15) is 74.9 Å². The van der Waals surface area contributed by atoms with E-state index in [-0.39, 0.29) is 21.2 Å². The molecule has 382 valence electrons. The minimum Gasteiger partial charge on any atom is -0.207 e. The largest absolute Gasteiger partial charge is 0.422 e. The van der Waals surface area contributed by atoms with Gasteiger partial charge in [0.25, 0.3) is 0 Å². The normalized spacial score (nSPS) is 12.6. The minimum atomic E-state index is -8.18. The van der Waals surface area contributed by atoms with E-state index in [1.165, 1.54) is 12.7 Å². The van der Waals surface area contributed by atoms with Gasteiger partial charge >= 0.3 is 45.9 Å². The maximum Gasteiger partial charge on any atom is 0.422 e. The van der Waals surface area contributed by atoms with E-state index >= 15 is 70.2 Å². The van der Waals surface area contributed by atoms with Crippen molar-refractivity contribution >= 4 is 28.0 Å². The van der Waals surface area contributed by atoms with Crippen LogP contribution in [-0.4, -0.2) is 6.15 Å². The Labute approximate surface area is 385 Å². The molecule has 0 atom stereocenters. The molecule has 0 aromatic heterocycles. The van der Waals surface area contributed by atoms with Crippen molar-refractivity contribution in [3.8, 4) is 0 Å². The van der Waals surface area contributed by atoms with Gasteiger partial charge < -0.3 is 0 Å². The maximum atomic E-state index is 15.9. The van der Waals surface area contributed by atoms with Crippen molar-refractivity contribution in [3.63, 3.8) is 0 Å². The molecule has 30 heteroatoms. The molecule has 0 spiro atoms. The van der Waals surface area contributed by atoms with Crippen LogP contribution in [0.4, 0.5) is 123 Å². The molecule has 0 aliphatic heterocycles. The average molecular weight is 1170 g/mol. The number of aryl methyl sites for hydroxylation is 1. The van der Waals surface area contributed by atoms with Gasteiger partial charge in [0.15, 0.2) is 53.7 Å². The van der Waals surface area contributed by atoms with Gasteiger partial charge in [-0.15, -0.1) is 21.9 Å². The second-order valence-electron chi connectivity index (χ2n) is 14.2. The van der Waals surface area contributed by atoms with E-state index in [4.69, 9.17) is 0 Å². The van der Waals surface area contributed by atoms with Crippen LogP contribution in [0, 0.1) is 107 Å². The predicted molar refractivity (Wildman–Crippen MR) is 184 cm³/mol. The number of hydrogen-bond acceptors (Lipinski definition) is 0. The second kappa shape index (κ2) is 19.3. The molecule has 0 heterocycles. The Kier molecular flexibility index (Phi) is 15.2. The Morgan fingerprint density at radius 1 is 0.296 bits per heavy atom. The average Bonchev–Trinajstić information content (AvgIpc) is 3.23. The van der Waals surface area contributed by atoms with Gasteiger partial charge in [-0.25, -0.2) is 70.2 Å². The number of benzene rings is 6. The Morgan fingerprint density at radius 2 is 0.507 bits per heavy atom. The lowest BCUT2D eigenvalue weighted by atomic mass is 9.12. The van der Waals surface area contributed by atoms with Crippen LogP contribution in [0.5, 0.6) is 0 Å². The predicted octanol–water partition coefficient (Wildman–Crippen LogP) is 9.49. The van der Waals surface area contributed by atoms with Crippen LogP contribution in [0.2, 0.25) is 0 Å². The lowest BCUT2D eigenvalue weighted by Crippen LogP contribution is -3.61. The zero-order valence-electron chi connectivity index (χ0n) is 33.2. The molecule has 0 aliphatic carbocycles. The Hall–Kier alpha value is -5.85. The number of rotatable bonds is 6. The maximum absolute atomic E-state index is 15.9. The smallest absolute Gasteiger partial charge is 0.207 e. The summed E-state index contributed by atoms with van der Waals surface area (Å²) in [4.78, 5) is 0. The Bertz CT molecular complexity index is 2630. The van der Waals surface area contributed by atoms with Crippen LogP contribution in [0.15, 0.2) is 54.6 Å². The first-order valence-corrected chi connectivity index (χ1v) is 20.2. The highest BCUT2D eigenvalue weighted by atomic mass is 127. The molecule has 0 bridgehead atoms. The summed E-state index contributed by atoms with van der Waals surface area (Å²) in [6, 6.07) is 19.4. The molecule has 0 saturated carbocycles. The van der Waals surface area contributed by atoms with E-state index in [0.29, 0.717) is 0 Å². The van der Waals surface area contributed by atoms with Crippen molar-refractivity contribution in [1.82, 2.24) is 0 Å². The fourth-order valence-electron chi connectivity index (χ4n) is 7.23. The van der Waals surface area contributed by atoms with E-state index in [1.54, 1.807) is 0 Å². The van der Waals surface area contributed by atoms with Gasteiger partial charge in [0.05, 0.1) is 0 Å². The van der Waals surface area contributed by atoms with Gasteiger partial charge in [-0.2, -0.15) is 52.7 Å². The van der Waals surface area contributed by atoms with Crippen molar-refractivity contribution in [2.45, 2.75) is 31.6 Å². The van der Waals surface area contributed by atoms with Crippen molar-refractivity contribution in [2.75, 3.05) is 0 Å². The first-order valence-electron chi connectivity index (χ1n) is 18.1. The molecule has 6 rings (SSSR count). The summed E-state index contributed by atoms with van der Waals surface area (Å²) >= 11 is 0.00698. The summed E-state index contributed by atoms with van der Waals surface area (Å²) < 4.78 is 412. The molecule has 0 nitrogen and oxygen atoms in total. The highest BCUT2D eigenvalue weighted by molar-refractivity contribution is 7.20. The Morgan fingerprint density at radius 3 is 0.718 bits per heavy atom. The molecule has 6 aromatic rings. The van der Waals surface area contributed by atoms with E-state index in [1.807, 2.05) is 0 Å². The second-order valence-corrected chi connectivity index (χ2v) is 17.1. The molecule has 0 amide bonds. The zero-order chi connectivity index (χ0) is 54.2. The van der Waals surface area contributed by atoms with Crippen molar-refractivity contribution in [1.29, 1.82) is 0 Å². The molecule has 71 heavy (non-hydrogen) atoms. The molecular formula is C41H12BF28I. The number of alkyl halides is 12. The molecular weight excluding hydrogens is 1160 g/mol. The van der Waals surface area contributed by atoms with Crippen LogP contribution in [0.3, 0.4) is 0 Å². The SMILES string of the molecule is Cc1ccccc1[I+]c1ccccc1.Fc1c(F)c(C(F)(F)F)c(F)c(F)c1[B-](c1c(F)c(F)c(C(F)(F)F)c(F)c1F)(c1c(F)c(F)c(C(F)(F)F)c(F)c1F)c1c(F)c(F)c(C(F)(F)F)c(F)c1F. The highest BCUT2D eigenvalue weighted by Crippen LogP contribution is 2.42. The van der Waals surface area contributed by atoms with Gasteiger partial charge in [-0.1, -0.05) is 36.4 Å². The highest BCUT2D eigenvalue weighted by Gasteiger charge is 2.56. The van der Waals surface area contributed by atoms with Crippen molar-refractivity contribution < 1.29 is 144 Å². The van der Waals surface area contributed by atoms with Crippen molar-refractivity contribution in [3.05, 3.63) is 183 Å². The van der Waals surface area contributed by atoms with Gasteiger partial charge in [0.2, 0.25) is 0 Å². The van der Waals surface area contributed by atoms with Crippen LogP contribution >= 0.6 is 0 Å². The van der Waals surface area contributed by atoms with Crippen LogP contribution < -0.4 is 43.1 Å². The van der Waals surface area contributed by atoms with Crippen LogP contribution in [0.1, 0.15) is 27.8 Å².